The summed E-state index contributed by atoms with van der Waals surface area (Å²) in [5.41, 5.74) is 0. The molecular weight excluding hydrogens is 313 g/mol. The van der Waals surface area contributed by atoms with Gasteiger partial charge in [0.2, 0.25) is 0 Å². The standard InChI is InChI=1S/C16H35N3O3P/c1-14-11-17(2)12-16(22-14)13-21-23(6,20)18-9-7-15(8-10-18)19(3,4)5/h14-16H,7-13H2,1-6H3/q+1. The van der Waals surface area contributed by atoms with Crippen LogP contribution in [0.4, 0.5) is 0 Å². The summed E-state index contributed by atoms with van der Waals surface area (Å²) in [6, 6.07) is 0.641. The van der Waals surface area contributed by atoms with Crippen LogP contribution in [0.3, 0.4) is 0 Å². The normalized spacial score (nSPS) is 31.9. The van der Waals surface area contributed by atoms with Gasteiger partial charge < -0.3 is 18.6 Å². The molecule has 3 atom stereocenters. The van der Waals surface area contributed by atoms with Crippen molar-refractivity contribution in [1.29, 1.82) is 0 Å². The summed E-state index contributed by atoms with van der Waals surface area (Å²) in [4.78, 5) is 2.25. The van der Waals surface area contributed by atoms with Gasteiger partial charge in [0.25, 0.3) is 7.52 Å². The number of piperidine rings is 1. The molecule has 2 saturated heterocycles. The number of nitrogens with zero attached hydrogens (tertiary/aromatic N) is 3. The number of ether oxygens (including phenoxy) is 1. The highest BCUT2D eigenvalue weighted by molar-refractivity contribution is 7.55. The van der Waals surface area contributed by atoms with E-state index in [1.165, 1.54) is 0 Å². The molecule has 136 valence electrons. The van der Waals surface area contributed by atoms with Crippen LogP contribution in [0.25, 0.3) is 0 Å². The van der Waals surface area contributed by atoms with Crippen molar-refractivity contribution in [2.24, 2.45) is 0 Å². The van der Waals surface area contributed by atoms with Crippen LogP contribution in [-0.2, 0) is 13.8 Å². The number of rotatable bonds is 5. The summed E-state index contributed by atoms with van der Waals surface area (Å²) in [6.45, 7) is 7.75. The largest absolute Gasteiger partial charge is 0.370 e. The summed E-state index contributed by atoms with van der Waals surface area (Å²) in [6.07, 6.45) is 2.37. The van der Waals surface area contributed by atoms with Gasteiger partial charge in [-0.15, -0.1) is 0 Å². The second-order valence-electron chi connectivity index (χ2n) is 8.19. The van der Waals surface area contributed by atoms with Gasteiger partial charge in [0, 0.05) is 45.7 Å². The number of likely N-dealkylation sites (N-methyl/N-ethyl adjacent to an activating group) is 1. The molecular formula is C16H35N3O3P+. The van der Waals surface area contributed by atoms with Gasteiger partial charge in [0.15, 0.2) is 0 Å². The number of hydrogen-bond donors (Lipinski definition) is 0. The number of morpholine rings is 1. The van der Waals surface area contributed by atoms with Crippen LogP contribution >= 0.6 is 7.52 Å². The van der Waals surface area contributed by atoms with Crippen molar-refractivity contribution in [3.05, 3.63) is 0 Å². The van der Waals surface area contributed by atoms with Crippen molar-refractivity contribution in [2.45, 2.75) is 38.0 Å². The third-order valence-corrected chi connectivity index (χ3v) is 7.11. The molecule has 0 bridgehead atoms. The SMILES string of the molecule is CC1CN(C)CC(COP(C)(=O)N2CCC([N+](C)(C)C)CC2)O1. The lowest BCUT2D eigenvalue weighted by atomic mass is 10.0. The van der Waals surface area contributed by atoms with Crippen molar-refractivity contribution in [3.63, 3.8) is 0 Å². The Morgan fingerprint density at radius 1 is 1.22 bits per heavy atom. The third kappa shape index (κ3) is 5.52. The molecule has 2 aliphatic heterocycles. The van der Waals surface area contributed by atoms with Crippen molar-refractivity contribution in [3.8, 4) is 0 Å². The molecule has 0 amide bonds. The highest BCUT2D eigenvalue weighted by atomic mass is 31.2. The minimum atomic E-state index is -2.73. The summed E-state index contributed by atoms with van der Waals surface area (Å²) in [5.74, 6) is 0. The summed E-state index contributed by atoms with van der Waals surface area (Å²) < 4.78 is 27.7. The van der Waals surface area contributed by atoms with Gasteiger partial charge in [-0.05, 0) is 14.0 Å². The fraction of sp³-hybridized carbons (Fsp3) is 1.00. The average Bonchev–Trinajstić information content (AvgIpc) is 2.43. The molecule has 0 aromatic heterocycles. The van der Waals surface area contributed by atoms with E-state index in [0.29, 0.717) is 12.6 Å². The highest BCUT2D eigenvalue weighted by Gasteiger charge is 2.36. The third-order valence-electron chi connectivity index (χ3n) is 5.06. The molecule has 3 unspecified atom stereocenters. The van der Waals surface area contributed by atoms with E-state index < -0.39 is 7.52 Å². The Kier molecular flexibility index (Phi) is 6.32. The second kappa shape index (κ2) is 7.51. The van der Waals surface area contributed by atoms with E-state index in [-0.39, 0.29) is 12.2 Å². The van der Waals surface area contributed by atoms with Crippen molar-refractivity contribution >= 4 is 7.52 Å². The van der Waals surface area contributed by atoms with Gasteiger partial charge in [-0.2, -0.15) is 0 Å². The predicted octanol–water partition coefficient (Wildman–Crippen LogP) is 1.72. The van der Waals surface area contributed by atoms with E-state index in [0.717, 1.165) is 43.5 Å². The van der Waals surface area contributed by atoms with Crippen molar-refractivity contribution < 1.29 is 18.3 Å². The number of quaternary nitrogens is 1. The zero-order valence-electron chi connectivity index (χ0n) is 15.7. The topological polar surface area (TPSA) is 42.0 Å². The molecule has 0 saturated carbocycles. The lowest BCUT2D eigenvalue weighted by Crippen LogP contribution is -2.50. The van der Waals surface area contributed by atoms with E-state index in [4.69, 9.17) is 9.26 Å². The molecule has 2 fully saturated rings. The quantitative estimate of drug-likeness (QED) is 0.559. The Labute approximate surface area is 141 Å². The fourth-order valence-electron chi connectivity index (χ4n) is 3.66. The van der Waals surface area contributed by atoms with Crippen LogP contribution < -0.4 is 0 Å². The zero-order chi connectivity index (χ0) is 17.3. The molecule has 0 aromatic rings. The summed E-state index contributed by atoms with van der Waals surface area (Å²) >= 11 is 0. The molecule has 6 nitrogen and oxygen atoms in total. The molecule has 23 heavy (non-hydrogen) atoms. The molecule has 2 heterocycles. The van der Waals surface area contributed by atoms with Crippen LogP contribution in [0.2, 0.25) is 0 Å². The fourth-order valence-corrected chi connectivity index (χ4v) is 5.22. The van der Waals surface area contributed by atoms with E-state index >= 15 is 0 Å². The van der Waals surface area contributed by atoms with Crippen LogP contribution in [0.15, 0.2) is 0 Å². The Morgan fingerprint density at radius 3 is 2.35 bits per heavy atom. The Balaban J connectivity index is 1.82. The smallest absolute Gasteiger partial charge is 0.269 e. The first-order chi connectivity index (χ1) is 10.6. The average molecular weight is 348 g/mol. The predicted molar refractivity (Wildman–Crippen MR) is 93.9 cm³/mol. The summed E-state index contributed by atoms with van der Waals surface area (Å²) in [7, 11) is 6.07. The van der Waals surface area contributed by atoms with Gasteiger partial charge in [-0.3, -0.25) is 4.57 Å². The van der Waals surface area contributed by atoms with E-state index in [9.17, 15) is 4.57 Å². The first-order valence-electron chi connectivity index (χ1n) is 8.70. The van der Waals surface area contributed by atoms with Gasteiger partial charge in [-0.1, -0.05) is 0 Å². The number of hydrogen-bond acceptors (Lipinski definition) is 4. The van der Waals surface area contributed by atoms with Crippen LogP contribution in [0.1, 0.15) is 19.8 Å². The Hall–Kier alpha value is 0.0300. The molecule has 2 rings (SSSR count). The van der Waals surface area contributed by atoms with Gasteiger partial charge in [0.1, 0.15) is 0 Å². The van der Waals surface area contributed by atoms with Crippen LogP contribution in [-0.4, -0.2) is 99.9 Å². The van der Waals surface area contributed by atoms with Gasteiger partial charge in [-0.25, -0.2) is 4.67 Å². The van der Waals surface area contributed by atoms with Gasteiger partial charge in [0.05, 0.1) is 46.0 Å². The van der Waals surface area contributed by atoms with Crippen molar-refractivity contribution in [2.75, 3.05) is 67.6 Å². The van der Waals surface area contributed by atoms with E-state index in [1.54, 1.807) is 6.66 Å². The van der Waals surface area contributed by atoms with Crippen molar-refractivity contribution in [1.82, 2.24) is 9.57 Å². The molecule has 0 radical (unpaired) electrons. The minimum Gasteiger partial charge on any atom is -0.370 e. The molecule has 0 N–H and O–H groups in total. The maximum Gasteiger partial charge on any atom is 0.269 e. The first-order valence-corrected chi connectivity index (χ1v) is 10.7. The Bertz CT molecular complexity index is 423. The molecule has 7 heteroatoms. The second-order valence-corrected chi connectivity index (χ2v) is 10.6. The van der Waals surface area contributed by atoms with E-state index in [1.807, 2.05) is 0 Å². The first kappa shape index (κ1) is 19.4. The lowest BCUT2D eigenvalue weighted by Gasteiger charge is -2.41. The van der Waals surface area contributed by atoms with Crippen LogP contribution in [0, 0.1) is 0 Å². The van der Waals surface area contributed by atoms with Crippen LogP contribution in [0.5, 0.6) is 0 Å². The molecule has 2 aliphatic rings. The molecule has 0 aromatic carbocycles. The molecule has 0 spiro atoms. The monoisotopic (exact) mass is 348 g/mol. The highest BCUT2D eigenvalue weighted by Crippen LogP contribution is 2.48. The minimum absolute atomic E-state index is 0.0146. The Morgan fingerprint density at radius 2 is 1.83 bits per heavy atom. The zero-order valence-corrected chi connectivity index (χ0v) is 16.6. The summed E-state index contributed by atoms with van der Waals surface area (Å²) in [5, 5.41) is 0. The maximum absolute atomic E-state index is 13.0. The molecule has 0 aliphatic carbocycles. The van der Waals surface area contributed by atoms with E-state index in [2.05, 4.69) is 44.7 Å². The lowest BCUT2D eigenvalue weighted by molar-refractivity contribution is -0.897. The maximum atomic E-state index is 13.0. The van der Waals surface area contributed by atoms with Gasteiger partial charge >= 0.3 is 0 Å².